The average Bonchev–Trinajstić information content (AvgIpc) is 2.70. The maximum absolute atomic E-state index is 10.7. The van der Waals surface area contributed by atoms with Crippen molar-refractivity contribution < 1.29 is 30.7 Å². The van der Waals surface area contributed by atoms with E-state index in [0.717, 1.165) is 31.0 Å². The minimum atomic E-state index is -6.09. The smallest absolute Gasteiger partial charge is 0.485 e. The Balaban J connectivity index is 0.000000366. The highest BCUT2D eigenvalue weighted by molar-refractivity contribution is 7.86. The molecule has 0 amide bonds. The largest absolute Gasteiger partial charge is 0.741 e. The molecule has 0 radical (unpaired) electrons. The van der Waals surface area contributed by atoms with Crippen LogP contribution in [0.4, 0.5) is 13.2 Å². The molecule has 1 aliphatic rings. The summed E-state index contributed by atoms with van der Waals surface area (Å²) >= 11 is 0. The molecular formula is C21H26F3N3O3S. The fourth-order valence-corrected chi connectivity index (χ4v) is 3.36. The van der Waals surface area contributed by atoms with Gasteiger partial charge in [0.2, 0.25) is 0 Å². The van der Waals surface area contributed by atoms with Crippen LogP contribution in [0.1, 0.15) is 47.6 Å². The minimum absolute atomic E-state index is 0.870. The van der Waals surface area contributed by atoms with Gasteiger partial charge in [0.15, 0.2) is 15.8 Å². The van der Waals surface area contributed by atoms with Crippen LogP contribution < -0.4 is 0 Å². The van der Waals surface area contributed by atoms with Gasteiger partial charge in [-0.25, -0.2) is 23.0 Å². The van der Waals surface area contributed by atoms with Gasteiger partial charge < -0.3 is 4.55 Å². The second-order valence-corrected chi connectivity index (χ2v) is 8.74. The van der Waals surface area contributed by atoms with E-state index >= 15 is 0 Å². The summed E-state index contributed by atoms with van der Waals surface area (Å²) in [5, 5.41) is 0. The molecule has 3 rings (SSSR count). The zero-order valence-corrected chi connectivity index (χ0v) is 18.6. The molecule has 0 saturated carbocycles. The Hall–Kier alpha value is -2.33. The van der Waals surface area contributed by atoms with Gasteiger partial charge in [-0.05, 0) is 44.9 Å². The number of halogens is 3. The third kappa shape index (κ3) is 7.10. The van der Waals surface area contributed by atoms with E-state index in [9.17, 15) is 13.2 Å². The van der Waals surface area contributed by atoms with Crippen molar-refractivity contribution in [2.45, 2.75) is 52.0 Å². The van der Waals surface area contributed by atoms with Crippen LogP contribution in [0.3, 0.4) is 0 Å². The van der Waals surface area contributed by atoms with Crippen LogP contribution in [0.2, 0.25) is 0 Å². The van der Waals surface area contributed by atoms with Crippen molar-refractivity contribution in [2.75, 3.05) is 13.1 Å². The van der Waals surface area contributed by atoms with Crippen molar-refractivity contribution in [1.29, 1.82) is 0 Å². The van der Waals surface area contributed by atoms with E-state index in [0.29, 0.717) is 0 Å². The maximum atomic E-state index is 10.7. The predicted octanol–water partition coefficient (Wildman–Crippen LogP) is 3.68. The van der Waals surface area contributed by atoms with E-state index in [2.05, 4.69) is 53.7 Å². The fourth-order valence-electron chi connectivity index (χ4n) is 3.36. The Morgan fingerprint density at radius 3 is 2.10 bits per heavy atom. The molecule has 6 nitrogen and oxygen atoms in total. The zero-order valence-electron chi connectivity index (χ0n) is 17.7. The van der Waals surface area contributed by atoms with Gasteiger partial charge in [0.05, 0.1) is 12.1 Å². The first-order valence-corrected chi connectivity index (χ1v) is 11.3. The van der Waals surface area contributed by atoms with Gasteiger partial charge in [-0.15, -0.1) is 0 Å². The average molecular weight is 458 g/mol. The molecule has 0 N–H and O–H groups in total. The van der Waals surface area contributed by atoms with Crippen LogP contribution in [0.25, 0.3) is 0 Å². The quantitative estimate of drug-likeness (QED) is 0.399. The Labute approximate surface area is 180 Å². The molecule has 0 atom stereocenters. The number of alkyl halides is 3. The monoisotopic (exact) mass is 457 g/mol. The lowest BCUT2D eigenvalue weighted by molar-refractivity contribution is -0.537. The molecule has 1 aliphatic heterocycles. The highest BCUT2D eigenvalue weighted by atomic mass is 32.2. The molecule has 2 aromatic rings. The molecule has 31 heavy (non-hydrogen) atoms. The summed E-state index contributed by atoms with van der Waals surface area (Å²) in [6, 6.07) is 10.8. The molecule has 0 spiro atoms. The van der Waals surface area contributed by atoms with Gasteiger partial charge in [-0.1, -0.05) is 18.2 Å². The molecule has 1 aromatic heterocycles. The second kappa shape index (κ2) is 10.3. The molecule has 10 heteroatoms. The first kappa shape index (κ1) is 24.9. The normalized spacial score (nSPS) is 14.6. The number of hydrogen-bond acceptors (Lipinski definition) is 5. The van der Waals surface area contributed by atoms with Crippen molar-refractivity contribution >= 4 is 15.8 Å². The zero-order chi connectivity index (χ0) is 23.2. The van der Waals surface area contributed by atoms with Crippen LogP contribution in [-0.2, 0) is 16.5 Å². The number of nitrogens with zero attached hydrogens (tertiary/aromatic N) is 3. The molecule has 1 fully saturated rings. The van der Waals surface area contributed by atoms with Crippen molar-refractivity contribution in [1.82, 2.24) is 9.97 Å². The first-order valence-electron chi connectivity index (χ1n) is 9.89. The van der Waals surface area contributed by atoms with Gasteiger partial charge in [0, 0.05) is 24.1 Å². The van der Waals surface area contributed by atoms with Crippen molar-refractivity contribution in [3.8, 4) is 0 Å². The first-order chi connectivity index (χ1) is 14.4. The predicted molar refractivity (Wildman–Crippen MR) is 110 cm³/mol. The third-order valence-electron chi connectivity index (χ3n) is 5.07. The summed E-state index contributed by atoms with van der Waals surface area (Å²) in [7, 11) is -6.09. The Kier molecular flexibility index (Phi) is 8.30. The highest BCUT2D eigenvalue weighted by Crippen LogP contribution is 2.20. The second-order valence-electron chi connectivity index (χ2n) is 7.36. The highest BCUT2D eigenvalue weighted by Gasteiger charge is 2.36. The number of hydrogen-bond donors (Lipinski definition) is 0. The summed E-state index contributed by atoms with van der Waals surface area (Å²) in [6.07, 6.45) is 4.82. The van der Waals surface area contributed by atoms with Gasteiger partial charge >= 0.3 is 5.51 Å². The van der Waals surface area contributed by atoms with Crippen LogP contribution in [0.5, 0.6) is 0 Å². The van der Waals surface area contributed by atoms with Crippen LogP contribution in [-0.4, -0.2) is 51.8 Å². The van der Waals surface area contributed by atoms with Gasteiger partial charge in [0.25, 0.3) is 0 Å². The van der Waals surface area contributed by atoms with Gasteiger partial charge in [-0.3, -0.25) is 0 Å². The molecule has 2 heterocycles. The fraction of sp³-hybridized carbons (Fsp3) is 0.476. The van der Waals surface area contributed by atoms with Gasteiger partial charge in [0.1, 0.15) is 18.9 Å². The lowest BCUT2D eigenvalue weighted by atomic mass is 10.0. The Morgan fingerprint density at radius 1 is 1.03 bits per heavy atom. The number of aromatic nitrogens is 2. The Morgan fingerprint density at radius 2 is 1.58 bits per heavy atom. The number of rotatable bonds is 3. The summed E-state index contributed by atoms with van der Waals surface area (Å²) in [4.78, 5) is 9.23. The molecule has 0 aliphatic carbocycles. The SMILES string of the molecule is Cc1nc(C)c(C)c(CC(c2ccccc2)=[N+]2CCCCC2)n1.O=S(=O)([O-])C(F)(F)F. The van der Waals surface area contributed by atoms with Crippen molar-refractivity contribution in [3.63, 3.8) is 0 Å². The maximum Gasteiger partial charge on any atom is 0.485 e. The number of piperidine rings is 1. The van der Waals surface area contributed by atoms with E-state index in [4.69, 9.17) is 18.0 Å². The lowest BCUT2D eigenvalue weighted by Gasteiger charge is -2.16. The third-order valence-corrected chi connectivity index (χ3v) is 5.63. The Bertz CT molecular complexity index is 1030. The molecule has 1 saturated heterocycles. The summed E-state index contributed by atoms with van der Waals surface area (Å²) in [6.45, 7) is 8.52. The lowest BCUT2D eigenvalue weighted by Crippen LogP contribution is -2.29. The van der Waals surface area contributed by atoms with Crippen molar-refractivity contribution in [3.05, 3.63) is 58.7 Å². The van der Waals surface area contributed by atoms with E-state index in [-0.39, 0.29) is 0 Å². The standard InChI is InChI=1S/C20H26N3.CHF3O3S/c1-15-16(2)21-17(3)22-19(15)14-20(18-10-6-4-7-11-18)23-12-8-5-9-13-23;2-1(3,4)8(5,6)7/h4,6-7,10-11H,5,8-9,12-14H2,1-3H3;(H,5,6,7)/q+1;/p-1. The van der Waals surface area contributed by atoms with E-state index in [1.807, 2.05) is 6.92 Å². The molecule has 0 bridgehead atoms. The topological polar surface area (TPSA) is 86.0 Å². The van der Waals surface area contributed by atoms with Gasteiger partial charge in [-0.2, -0.15) is 13.2 Å². The van der Waals surface area contributed by atoms with Crippen LogP contribution in [0.15, 0.2) is 30.3 Å². The molecule has 1 aromatic carbocycles. The van der Waals surface area contributed by atoms with Crippen LogP contribution >= 0.6 is 0 Å². The minimum Gasteiger partial charge on any atom is -0.741 e. The van der Waals surface area contributed by atoms with E-state index in [1.165, 1.54) is 41.8 Å². The summed E-state index contributed by atoms with van der Waals surface area (Å²) < 4.78 is 61.5. The van der Waals surface area contributed by atoms with E-state index < -0.39 is 15.6 Å². The van der Waals surface area contributed by atoms with E-state index in [1.54, 1.807) is 0 Å². The number of benzene rings is 1. The molecule has 0 unspecified atom stereocenters. The molecule has 170 valence electrons. The summed E-state index contributed by atoms with van der Waals surface area (Å²) in [5.41, 5.74) is 0.570. The van der Waals surface area contributed by atoms with Crippen molar-refractivity contribution in [2.24, 2.45) is 0 Å². The van der Waals surface area contributed by atoms with Crippen LogP contribution in [0, 0.1) is 20.8 Å². The molecular weight excluding hydrogens is 431 g/mol. The number of aryl methyl sites for hydroxylation is 2. The summed E-state index contributed by atoms with van der Waals surface area (Å²) in [5.74, 6) is 0.870.